The second kappa shape index (κ2) is 6.69. The molecule has 0 saturated heterocycles. The predicted octanol–water partition coefficient (Wildman–Crippen LogP) is 4.53. The van der Waals surface area contributed by atoms with Crippen LogP contribution in [0.1, 0.15) is 63.9 Å². The SMILES string of the molecule is CCCNc1nc(CCC(C)C)nc(C2CC2)c1Br. The number of nitrogens with zero attached hydrogens (tertiary/aromatic N) is 2. The molecular formula is C15H24BrN3. The van der Waals surface area contributed by atoms with Crippen LogP contribution < -0.4 is 5.32 Å². The zero-order chi connectivity index (χ0) is 13.8. The van der Waals surface area contributed by atoms with Crippen LogP contribution in [0.4, 0.5) is 5.82 Å². The second-order valence-electron chi connectivity index (χ2n) is 5.82. The van der Waals surface area contributed by atoms with E-state index in [0.717, 1.165) is 41.9 Å². The molecule has 0 spiro atoms. The van der Waals surface area contributed by atoms with Crippen LogP contribution in [0.15, 0.2) is 4.47 Å². The van der Waals surface area contributed by atoms with Crippen molar-refractivity contribution in [3.8, 4) is 0 Å². The van der Waals surface area contributed by atoms with E-state index in [4.69, 9.17) is 4.98 Å². The normalized spacial score (nSPS) is 15.0. The second-order valence-corrected chi connectivity index (χ2v) is 6.61. The van der Waals surface area contributed by atoms with Gasteiger partial charge in [0.15, 0.2) is 0 Å². The molecule has 1 aliphatic rings. The summed E-state index contributed by atoms with van der Waals surface area (Å²) in [5, 5.41) is 3.42. The Bertz CT molecular complexity index is 428. The molecule has 0 aliphatic heterocycles. The van der Waals surface area contributed by atoms with Crippen LogP contribution in [0, 0.1) is 5.92 Å². The number of hydrogen-bond acceptors (Lipinski definition) is 3. The lowest BCUT2D eigenvalue weighted by molar-refractivity contribution is 0.573. The molecule has 3 nitrogen and oxygen atoms in total. The average molecular weight is 326 g/mol. The summed E-state index contributed by atoms with van der Waals surface area (Å²) in [5.41, 5.74) is 1.22. The minimum Gasteiger partial charge on any atom is -0.369 e. The quantitative estimate of drug-likeness (QED) is 0.800. The maximum absolute atomic E-state index is 4.78. The molecule has 106 valence electrons. The molecule has 1 aliphatic carbocycles. The Kier molecular flexibility index (Phi) is 5.20. The summed E-state index contributed by atoms with van der Waals surface area (Å²) in [4.78, 5) is 9.46. The zero-order valence-electron chi connectivity index (χ0n) is 12.2. The monoisotopic (exact) mass is 325 g/mol. The molecule has 0 radical (unpaired) electrons. The van der Waals surface area contributed by atoms with Crippen molar-refractivity contribution in [1.29, 1.82) is 0 Å². The Morgan fingerprint density at radius 3 is 2.63 bits per heavy atom. The predicted molar refractivity (Wildman–Crippen MR) is 83.6 cm³/mol. The van der Waals surface area contributed by atoms with E-state index < -0.39 is 0 Å². The highest BCUT2D eigenvalue weighted by Crippen LogP contribution is 2.43. The van der Waals surface area contributed by atoms with Gasteiger partial charge < -0.3 is 5.32 Å². The van der Waals surface area contributed by atoms with E-state index in [1.165, 1.54) is 18.5 Å². The van der Waals surface area contributed by atoms with Crippen LogP contribution in [0.3, 0.4) is 0 Å². The van der Waals surface area contributed by atoms with Gasteiger partial charge in [0.05, 0.1) is 10.2 Å². The molecule has 1 N–H and O–H groups in total. The van der Waals surface area contributed by atoms with Crippen molar-refractivity contribution in [3.63, 3.8) is 0 Å². The summed E-state index contributed by atoms with van der Waals surface area (Å²) >= 11 is 3.68. The van der Waals surface area contributed by atoms with Crippen molar-refractivity contribution >= 4 is 21.7 Å². The summed E-state index contributed by atoms with van der Waals surface area (Å²) in [6, 6.07) is 0. The van der Waals surface area contributed by atoms with Gasteiger partial charge in [-0.3, -0.25) is 0 Å². The lowest BCUT2D eigenvalue weighted by Gasteiger charge is -2.13. The van der Waals surface area contributed by atoms with Gasteiger partial charge in [0.1, 0.15) is 11.6 Å². The van der Waals surface area contributed by atoms with Crippen molar-refractivity contribution in [2.45, 2.75) is 58.8 Å². The summed E-state index contributed by atoms with van der Waals surface area (Å²) in [5.74, 6) is 3.33. The molecule has 1 fully saturated rings. The molecule has 0 atom stereocenters. The number of anilines is 1. The van der Waals surface area contributed by atoms with Crippen LogP contribution in [-0.4, -0.2) is 16.5 Å². The molecule has 19 heavy (non-hydrogen) atoms. The van der Waals surface area contributed by atoms with E-state index >= 15 is 0 Å². The topological polar surface area (TPSA) is 37.8 Å². The highest BCUT2D eigenvalue weighted by Gasteiger charge is 2.29. The molecule has 1 heterocycles. The third-order valence-electron chi connectivity index (χ3n) is 3.37. The fraction of sp³-hybridized carbons (Fsp3) is 0.733. The van der Waals surface area contributed by atoms with Crippen molar-refractivity contribution in [3.05, 3.63) is 16.0 Å². The Balaban J connectivity index is 2.20. The lowest BCUT2D eigenvalue weighted by Crippen LogP contribution is -2.09. The number of rotatable bonds is 7. The standard InChI is InChI=1S/C15H24BrN3/c1-4-9-17-15-13(16)14(11-6-7-11)18-12(19-15)8-5-10(2)3/h10-11H,4-9H2,1-3H3,(H,17,18,19). The molecule has 1 aromatic heterocycles. The van der Waals surface area contributed by atoms with Gasteiger partial charge in [-0.05, 0) is 47.5 Å². The van der Waals surface area contributed by atoms with E-state index in [2.05, 4.69) is 47.0 Å². The van der Waals surface area contributed by atoms with E-state index in [-0.39, 0.29) is 0 Å². The zero-order valence-corrected chi connectivity index (χ0v) is 13.8. The molecular weight excluding hydrogens is 302 g/mol. The minimum absolute atomic E-state index is 0.650. The fourth-order valence-electron chi connectivity index (χ4n) is 2.03. The van der Waals surface area contributed by atoms with Gasteiger partial charge in [0.25, 0.3) is 0 Å². The summed E-state index contributed by atoms with van der Waals surface area (Å²) < 4.78 is 1.08. The fourth-order valence-corrected chi connectivity index (χ4v) is 2.67. The van der Waals surface area contributed by atoms with Gasteiger partial charge in [0, 0.05) is 18.9 Å². The third kappa shape index (κ3) is 4.16. The summed E-state index contributed by atoms with van der Waals surface area (Å²) in [6.45, 7) is 7.63. The first-order valence-corrected chi connectivity index (χ1v) is 8.21. The van der Waals surface area contributed by atoms with Crippen LogP contribution in [0.2, 0.25) is 0 Å². The average Bonchev–Trinajstić information content (AvgIpc) is 3.20. The smallest absolute Gasteiger partial charge is 0.144 e. The number of nitrogens with one attached hydrogen (secondary N) is 1. The molecule has 1 aromatic rings. The van der Waals surface area contributed by atoms with Gasteiger partial charge in [0.2, 0.25) is 0 Å². The molecule has 0 unspecified atom stereocenters. The molecule has 2 rings (SSSR count). The lowest BCUT2D eigenvalue weighted by atomic mass is 10.1. The summed E-state index contributed by atoms with van der Waals surface area (Å²) in [7, 11) is 0. The van der Waals surface area contributed by atoms with E-state index in [1.54, 1.807) is 0 Å². The Morgan fingerprint density at radius 1 is 1.32 bits per heavy atom. The first-order chi connectivity index (χ1) is 9.11. The Morgan fingerprint density at radius 2 is 2.05 bits per heavy atom. The van der Waals surface area contributed by atoms with Crippen LogP contribution >= 0.6 is 15.9 Å². The highest BCUT2D eigenvalue weighted by atomic mass is 79.9. The summed E-state index contributed by atoms with van der Waals surface area (Å²) in [6.07, 6.45) is 5.78. The van der Waals surface area contributed by atoms with Gasteiger partial charge in [-0.25, -0.2) is 9.97 Å². The number of halogens is 1. The van der Waals surface area contributed by atoms with Gasteiger partial charge in [-0.2, -0.15) is 0 Å². The molecule has 0 bridgehead atoms. The van der Waals surface area contributed by atoms with E-state index in [1.807, 2.05) is 0 Å². The Hall–Kier alpha value is -0.640. The Labute approximate surface area is 124 Å². The van der Waals surface area contributed by atoms with Crippen molar-refractivity contribution in [1.82, 2.24) is 9.97 Å². The van der Waals surface area contributed by atoms with Crippen molar-refractivity contribution in [2.24, 2.45) is 5.92 Å². The minimum atomic E-state index is 0.650. The third-order valence-corrected chi connectivity index (χ3v) is 4.16. The van der Waals surface area contributed by atoms with Crippen molar-refractivity contribution in [2.75, 3.05) is 11.9 Å². The van der Waals surface area contributed by atoms with Gasteiger partial charge in [-0.1, -0.05) is 20.8 Å². The number of hydrogen-bond donors (Lipinski definition) is 1. The van der Waals surface area contributed by atoms with Gasteiger partial charge in [-0.15, -0.1) is 0 Å². The number of aromatic nitrogens is 2. The van der Waals surface area contributed by atoms with Crippen LogP contribution in [0.25, 0.3) is 0 Å². The molecule has 4 heteroatoms. The van der Waals surface area contributed by atoms with Crippen molar-refractivity contribution < 1.29 is 0 Å². The van der Waals surface area contributed by atoms with Gasteiger partial charge >= 0.3 is 0 Å². The highest BCUT2D eigenvalue weighted by molar-refractivity contribution is 9.10. The van der Waals surface area contributed by atoms with E-state index in [9.17, 15) is 0 Å². The number of aryl methyl sites for hydroxylation is 1. The largest absolute Gasteiger partial charge is 0.369 e. The molecule has 1 saturated carbocycles. The maximum Gasteiger partial charge on any atom is 0.144 e. The first-order valence-electron chi connectivity index (χ1n) is 7.42. The van der Waals surface area contributed by atoms with Crippen LogP contribution in [-0.2, 0) is 6.42 Å². The van der Waals surface area contributed by atoms with E-state index in [0.29, 0.717) is 11.8 Å². The van der Waals surface area contributed by atoms with Crippen LogP contribution in [0.5, 0.6) is 0 Å². The maximum atomic E-state index is 4.78. The molecule has 0 amide bonds. The molecule has 0 aromatic carbocycles. The first kappa shape index (κ1) is 14.8.